The van der Waals surface area contributed by atoms with Gasteiger partial charge in [-0.15, -0.1) is 0 Å². The predicted molar refractivity (Wildman–Crippen MR) is 94.7 cm³/mol. The Balaban J connectivity index is 1.43. The Kier molecular flexibility index (Phi) is 5.81. The molecular weight excluding hydrogens is 319 g/mol. The van der Waals surface area contributed by atoms with Gasteiger partial charge < -0.3 is 9.88 Å². The van der Waals surface area contributed by atoms with Crippen LogP contribution in [0, 0.1) is 5.82 Å². The minimum absolute atomic E-state index is 0.0441. The third-order valence-corrected chi connectivity index (χ3v) is 4.75. The van der Waals surface area contributed by atoms with Crippen LogP contribution in [0.5, 0.6) is 0 Å². The van der Waals surface area contributed by atoms with Crippen molar-refractivity contribution in [3.63, 3.8) is 0 Å². The van der Waals surface area contributed by atoms with Gasteiger partial charge in [0.15, 0.2) is 0 Å². The number of hydrogen-bond donors (Lipinski definition) is 1. The highest BCUT2D eigenvalue weighted by molar-refractivity contribution is 5.78. The Labute approximate surface area is 147 Å². The van der Waals surface area contributed by atoms with E-state index in [9.17, 15) is 9.18 Å². The van der Waals surface area contributed by atoms with Crippen molar-refractivity contribution >= 4 is 5.91 Å². The SMILES string of the molecule is Cn1ccnc1[C@H]1CCCN(CC(=O)NCCc2ccc(F)cc2)C1. The van der Waals surface area contributed by atoms with Gasteiger partial charge in [0.25, 0.3) is 0 Å². The quantitative estimate of drug-likeness (QED) is 0.873. The smallest absolute Gasteiger partial charge is 0.234 e. The van der Waals surface area contributed by atoms with E-state index in [4.69, 9.17) is 0 Å². The van der Waals surface area contributed by atoms with Gasteiger partial charge in [-0.2, -0.15) is 0 Å². The largest absolute Gasteiger partial charge is 0.355 e. The lowest BCUT2D eigenvalue weighted by molar-refractivity contribution is -0.122. The van der Waals surface area contributed by atoms with E-state index in [0.717, 1.165) is 37.3 Å². The molecule has 1 fully saturated rings. The number of aromatic nitrogens is 2. The van der Waals surface area contributed by atoms with E-state index >= 15 is 0 Å². The summed E-state index contributed by atoms with van der Waals surface area (Å²) in [5, 5.41) is 2.96. The zero-order valence-electron chi connectivity index (χ0n) is 14.6. The van der Waals surface area contributed by atoms with E-state index in [1.165, 1.54) is 12.1 Å². The number of rotatable bonds is 6. The molecule has 0 spiro atoms. The van der Waals surface area contributed by atoms with Crippen molar-refractivity contribution in [3.05, 3.63) is 53.9 Å². The first-order chi connectivity index (χ1) is 12.1. The van der Waals surface area contributed by atoms with E-state index in [2.05, 4.69) is 19.8 Å². The second-order valence-electron chi connectivity index (χ2n) is 6.70. The van der Waals surface area contributed by atoms with Crippen molar-refractivity contribution < 1.29 is 9.18 Å². The molecule has 1 saturated heterocycles. The number of amides is 1. The molecule has 0 aliphatic carbocycles. The summed E-state index contributed by atoms with van der Waals surface area (Å²) >= 11 is 0. The molecule has 3 rings (SSSR count). The fourth-order valence-corrected chi connectivity index (χ4v) is 3.44. The van der Waals surface area contributed by atoms with Crippen molar-refractivity contribution in [2.24, 2.45) is 7.05 Å². The van der Waals surface area contributed by atoms with Crippen molar-refractivity contribution in [2.45, 2.75) is 25.2 Å². The Morgan fingerprint density at radius 2 is 2.16 bits per heavy atom. The van der Waals surface area contributed by atoms with Gasteiger partial charge in [0.1, 0.15) is 11.6 Å². The molecule has 6 heteroatoms. The summed E-state index contributed by atoms with van der Waals surface area (Å²) in [5.74, 6) is 1.30. The highest BCUT2D eigenvalue weighted by Gasteiger charge is 2.25. The molecule has 0 saturated carbocycles. The van der Waals surface area contributed by atoms with Crippen LogP contribution >= 0.6 is 0 Å². The van der Waals surface area contributed by atoms with Crippen LogP contribution in [0.15, 0.2) is 36.7 Å². The Bertz CT molecular complexity index is 698. The van der Waals surface area contributed by atoms with Gasteiger partial charge in [0.2, 0.25) is 5.91 Å². The lowest BCUT2D eigenvalue weighted by atomic mass is 9.97. The first kappa shape index (κ1) is 17.6. The third-order valence-electron chi connectivity index (χ3n) is 4.75. The molecule has 1 aliphatic heterocycles. The minimum Gasteiger partial charge on any atom is -0.355 e. The molecule has 1 aromatic heterocycles. The van der Waals surface area contributed by atoms with Gasteiger partial charge >= 0.3 is 0 Å². The summed E-state index contributed by atoms with van der Waals surface area (Å²) in [6.45, 7) is 2.81. The van der Waals surface area contributed by atoms with Crippen LogP contribution in [0.4, 0.5) is 4.39 Å². The first-order valence-corrected chi connectivity index (χ1v) is 8.82. The van der Waals surface area contributed by atoms with E-state index < -0.39 is 0 Å². The second-order valence-corrected chi connectivity index (χ2v) is 6.70. The van der Waals surface area contributed by atoms with Gasteiger partial charge in [-0.3, -0.25) is 9.69 Å². The molecule has 0 bridgehead atoms. The van der Waals surface area contributed by atoms with Gasteiger partial charge in [0.05, 0.1) is 6.54 Å². The molecule has 1 aromatic carbocycles. The van der Waals surface area contributed by atoms with Crippen LogP contribution in [0.25, 0.3) is 0 Å². The van der Waals surface area contributed by atoms with Crippen LogP contribution < -0.4 is 5.32 Å². The van der Waals surface area contributed by atoms with Crippen molar-refractivity contribution in [1.82, 2.24) is 19.8 Å². The zero-order chi connectivity index (χ0) is 17.6. The summed E-state index contributed by atoms with van der Waals surface area (Å²) in [5.41, 5.74) is 1.02. The molecular formula is C19H25FN4O. The van der Waals surface area contributed by atoms with Crippen LogP contribution in [0.1, 0.15) is 30.1 Å². The fraction of sp³-hybridized carbons (Fsp3) is 0.474. The molecule has 5 nitrogen and oxygen atoms in total. The standard InChI is InChI=1S/C19H25FN4O/c1-23-12-10-22-19(23)16-3-2-11-24(13-16)14-18(25)21-9-8-15-4-6-17(20)7-5-15/h4-7,10,12,16H,2-3,8-9,11,13-14H2,1H3,(H,21,25)/t16-/m0/s1. The maximum Gasteiger partial charge on any atom is 0.234 e. The number of carbonyl (C=O) groups excluding carboxylic acids is 1. The predicted octanol–water partition coefficient (Wildman–Crippen LogP) is 2.10. The highest BCUT2D eigenvalue weighted by Crippen LogP contribution is 2.25. The minimum atomic E-state index is -0.236. The van der Waals surface area contributed by atoms with Gasteiger partial charge in [0, 0.05) is 38.4 Å². The lowest BCUT2D eigenvalue weighted by Gasteiger charge is -2.31. The number of aryl methyl sites for hydroxylation is 1. The molecule has 0 unspecified atom stereocenters. The van der Waals surface area contributed by atoms with Crippen molar-refractivity contribution in [2.75, 3.05) is 26.2 Å². The Hall–Kier alpha value is -2.21. The van der Waals surface area contributed by atoms with Gasteiger partial charge in [-0.05, 0) is 43.5 Å². The molecule has 0 radical (unpaired) electrons. The molecule has 1 N–H and O–H groups in total. The van der Waals surface area contributed by atoms with Crippen LogP contribution in [-0.2, 0) is 18.3 Å². The summed E-state index contributed by atoms with van der Waals surface area (Å²) in [6, 6.07) is 6.40. The van der Waals surface area contributed by atoms with Crippen LogP contribution in [0.3, 0.4) is 0 Å². The highest BCUT2D eigenvalue weighted by atomic mass is 19.1. The average molecular weight is 344 g/mol. The molecule has 1 aliphatic rings. The number of carbonyl (C=O) groups is 1. The maximum absolute atomic E-state index is 12.9. The summed E-state index contributed by atoms with van der Waals surface area (Å²) in [7, 11) is 2.02. The van der Waals surface area contributed by atoms with E-state index in [1.807, 2.05) is 19.4 Å². The monoisotopic (exact) mass is 344 g/mol. The number of hydrogen-bond acceptors (Lipinski definition) is 3. The average Bonchev–Trinajstić information content (AvgIpc) is 3.03. The zero-order valence-corrected chi connectivity index (χ0v) is 14.6. The third kappa shape index (κ3) is 4.89. The molecule has 25 heavy (non-hydrogen) atoms. The van der Waals surface area contributed by atoms with E-state index in [-0.39, 0.29) is 11.7 Å². The second kappa shape index (κ2) is 8.25. The number of imidazole rings is 1. The van der Waals surface area contributed by atoms with Crippen LogP contribution in [-0.4, -0.2) is 46.5 Å². The van der Waals surface area contributed by atoms with Crippen LogP contribution in [0.2, 0.25) is 0 Å². The summed E-state index contributed by atoms with van der Waals surface area (Å²) < 4.78 is 14.9. The van der Waals surface area contributed by atoms with Gasteiger partial charge in [-0.1, -0.05) is 12.1 Å². The number of nitrogens with zero attached hydrogens (tertiary/aromatic N) is 3. The molecule has 1 amide bonds. The van der Waals surface area contributed by atoms with Crippen molar-refractivity contribution in [1.29, 1.82) is 0 Å². The summed E-state index contributed by atoms with van der Waals surface area (Å²) in [6.07, 6.45) is 6.71. The fourth-order valence-electron chi connectivity index (χ4n) is 3.44. The molecule has 1 atom stereocenters. The number of piperidine rings is 1. The molecule has 2 aromatic rings. The Morgan fingerprint density at radius 3 is 2.88 bits per heavy atom. The topological polar surface area (TPSA) is 50.2 Å². The molecule has 2 heterocycles. The number of halogens is 1. The number of nitrogens with one attached hydrogen (secondary N) is 1. The number of benzene rings is 1. The lowest BCUT2D eigenvalue weighted by Crippen LogP contribution is -2.42. The maximum atomic E-state index is 12.9. The Morgan fingerprint density at radius 1 is 1.36 bits per heavy atom. The van der Waals surface area contributed by atoms with Crippen molar-refractivity contribution in [3.8, 4) is 0 Å². The normalized spacial score (nSPS) is 18.2. The number of likely N-dealkylation sites (tertiary alicyclic amines) is 1. The van der Waals surface area contributed by atoms with Gasteiger partial charge in [-0.25, -0.2) is 9.37 Å². The molecule has 134 valence electrons. The first-order valence-electron chi connectivity index (χ1n) is 8.82. The van der Waals surface area contributed by atoms with E-state index in [1.54, 1.807) is 12.1 Å². The van der Waals surface area contributed by atoms with E-state index in [0.29, 0.717) is 25.4 Å². The summed E-state index contributed by atoms with van der Waals surface area (Å²) in [4.78, 5) is 18.8.